The van der Waals surface area contributed by atoms with Crippen LogP contribution in [0.1, 0.15) is 5.69 Å². The summed E-state index contributed by atoms with van der Waals surface area (Å²) < 4.78 is 1.41. The van der Waals surface area contributed by atoms with E-state index in [2.05, 4.69) is 20.3 Å². The van der Waals surface area contributed by atoms with E-state index >= 15 is 0 Å². The van der Waals surface area contributed by atoms with Crippen molar-refractivity contribution in [3.63, 3.8) is 0 Å². The van der Waals surface area contributed by atoms with Gasteiger partial charge >= 0.3 is 5.56 Å². The Morgan fingerprint density at radius 2 is 1.69 bits per heavy atom. The van der Waals surface area contributed by atoms with Crippen molar-refractivity contribution in [1.82, 2.24) is 14.8 Å². The number of aromatic nitrogens is 3. The lowest BCUT2D eigenvalue weighted by Gasteiger charge is -1.95. The number of rotatable bonds is 4. The number of aromatic amines is 1. The van der Waals surface area contributed by atoms with Crippen molar-refractivity contribution in [2.24, 2.45) is 10.2 Å². The molecule has 7 heteroatoms. The van der Waals surface area contributed by atoms with Gasteiger partial charge in [0.1, 0.15) is 0 Å². The first-order valence-electron chi connectivity index (χ1n) is 8.02. The molecule has 0 aliphatic rings. The summed E-state index contributed by atoms with van der Waals surface area (Å²) in [4.78, 5) is 17.3. The van der Waals surface area contributed by atoms with Crippen LogP contribution >= 0.6 is 11.3 Å². The molecule has 6 nitrogen and oxygen atoms in total. The van der Waals surface area contributed by atoms with Gasteiger partial charge in [0.25, 0.3) is 0 Å². The van der Waals surface area contributed by atoms with Gasteiger partial charge in [-0.3, -0.25) is 9.89 Å². The third kappa shape index (κ3) is 3.12. The van der Waals surface area contributed by atoms with Gasteiger partial charge in [-0.1, -0.05) is 48.5 Å². The first-order valence-corrected chi connectivity index (χ1v) is 8.90. The Bertz CT molecular complexity index is 1110. The fraction of sp³-hybridized carbons (Fsp3) is 0.0526. The molecule has 0 bridgehead atoms. The number of thiazole rings is 1. The predicted octanol–water partition coefficient (Wildman–Crippen LogP) is 5.01. The number of nitrogens with one attached hydrogen (secondary N) is 1. The van der Waals surface area contributed by atoms with E-state index < -0.39 is 0 Å². The van der Waals surface area contributed by atoms with E-state index in [-0.39, 0.29) is 11.2 Å². The quantitative estimate of drug-likeness (QED) is 0.519. The molecule has 0 radical (unpaired) electrons. The lowest BCUT2D eigenvalue weighted by Crippen LogP contribution is -2.13. The molecule has 2 aromatic heterocycles. The van der Waals surface area contributed by atoms with Crippen molar-refractivity contribution in [3.8, 4) is 16.4 Å². The van der Waals surface area contributed by atoms with Gasteiger partial charge in [-0.15, -0.1) is 16.5 Å². The molecule has 0 aliphatic carbocycles. The van der Waals surface area contributed by atoms with Crippen LogP contribution in [0.5, 0.6) is 0 Å². The van der Waals surface area contributed by atoms with Gasteiger partial charge in [-0.05, 0) is 19.1 Å². The number of benzene rings is 2. The van der Waals surface area contributed by atoms with Gasteiger partial charge in [0.05, 0.1) is 17.1 Å². The number of hydrogen-bond acceptors (Lipinski definition) is 5. The fourth-order valence-electron chi connectivity index (χ4n) is 2.50. The van der Waals surface area contributed by atoms with Crippen molar-refractivity contribution in [1.29, 1.82) is 0 Å². The molecule has 0 saturated carbocycles. The van der Waals surface area contributed by atoms with Crippen LogP contribution in [0.25, 0.3) is 16.4 Å². The Labute approximate surface area is 153 Å². The maximum absolute atomic E-state index is 12.7. The summed E-state index contributed by atoms with van der Waals surface area (Å²) in [6, 6.07) is 19.2. The molecular weight excluding hydrogens is 346 g/mol. The zero-order chi connectivity index (χ0) is 17.9. The number of nitrogens with zero attached hydrogens (tertiary/aromatic N) is 4. The topological polar surface area (TPSA) is 75.4 Å². The summed E-state index contributed by atoms with van der Waals surface area (Å²) >= 11 is 1.40. The summed E-state index contributed by atoms with van der Waals surface area (Å²) in [5.74, 6) is 0. The lowest BCUT2D eigenvalue weighted by atomic mass is 10.2. The Hall–Kier alpha value is -3.32. The summed E-state index contributed by atoms with van der Waals surface area (Å²) in [6.45, 7) is 1.79. The second-order valence-corrected chi connectivity index (χ2v) is 6.48. The van der Waals surface area contributed by atoms with E-state index in [1.807, 2.05) is 66.0 Å². The van der Waals surface area contributed by atoms with Gasteiger partial charge in [0, 0.05) is 10.9 Å². The summed E-state index contributed by atoms with van der Waals surface area (Å²) in [5, 5.41) is 13.8. The van der Waals surface area contributed by atoms with E-state index in [1.165, 1.54) is 16.0 Å². The van der Waals surface area contributed by atoms with Gasteiger partial charge in [0.15, 0.2) is 5.69 Å². The average molecular weight is 361 g/mol. The smallest absolute Gasteiger partial charge is 0.291 e. The minimum Gasteiger partial charge on any atom is -0.291 e. The van der Waals surface area contributed by atoms with Crippen molar-refractivity contribution < 1.29 is 0 Å². The Morgan fingerprint density at radius 1 is 1.00 bits per heavy atom. The number of hydrogen-bond donors (Lipinski definition) is 1. The minimum atomic E-state index is -0.267. The van der Waals surface area contributed by atoms with Crippen LogP contribution in [0.3, 0.4) is 0 Å². The summed E-state index contributed by atoms with van der Waals surface area (Å²) in [7, 11) is 0. The second kappa shape index (κ2) is 6.89. The molecule has 0 unspecified atom stereocenters. The first-order chi connectivity index (χ1) is 12.7. The molecule has 0 fully saturated rings. The van der Waals surface area contributed by atoms with Crippen molar-refractivity contribution in [3.05, 3.63) is 82.1 Å². The largest absolute Gasteiger partial charge is 0.301 e. The van der Waals surface area contributed by atoms with Crippen LogP contribution in [-0.2, 0) is 0 Å². The number of aryl methyl sites for hydroxylation is 1. The molecule has 128 valence electrons. The molecule has 4 rings (SSSR count). The van der Waals surface area contributed by atoms with E-state index in [4.69, 9.17) is 0 Å². The highest BCUT2D eigenvalue weighted by atomic mass is 32.1. The highest BCUT2D eigenvalue weighted by Crippen LogP contribution is 2.24. The predicted molar refractivity (Wildman–Crippen MR) is 103 cm³/mol. The van der Waals surface area contributed by atoms with Crippen LogP contribution in [0.2, 0.25) is 0 Å². The van der Waals surface area contributed by atoms with E-state index in [0.29, 0.717) is 16.5 Å². The third-order valence-corrected chi connectivity index (χ3v) is 4.64. The summed E-state index contributed by atoms with van der Waals surface area (Å²) in [5.41, 5.74) is 3.19. The molecule has 0 atom stereocenters. The van der Waals surface area contributed by atoms with Gasteiger partial charge in [-0.2, -0.15) is 9.80 Å². The first kappa shape index (κ1) is 16.2. The van der Waals surface area contributed by atoms with Crippen LogP contribution in [0.4, 0.5) is 11.4 Å². The molecule has 0 amide bonds. The maximum atomic E-state index is 12.7. The average Bonchev–Trinajstić information content (AvgIpc) is 3.27. The normalized spacial score (nSPS) is 11.3. The third-order valence-electron chi connectivity index (χ3n) is 3.81. The molecule has 2 aromatic carbocycles. The van der Waals surface area contributed by atoms with Gasteiger partial charge < -0.3 is 0 Å². The standard InChI is InChI=1S/C19H15N5OS/c1-13-17(22-21-15-10-6-3-7-11-15)18(25)24(23-13)19-20-16(12-26-19)14-8-4-2-5-9-14/h2-12,23H,1H3. The highest BCUT2D eigenvalue weighted by molar-refractivity contribution is 7.12. The number of H-pyrrole nitrogens is 1. The fourth-order valence-corrected chi connectivity index (χ4v) is 3.29. The Kier molecular flexibility index (Phi) is 4.28. The van der Waals surface area contributed by atoms with E-state index in [0.717, 1.165) is 11.3 Å². The van der Waals surface area contributed by atoms with Crippen LogP contribution in [0.15, 0.2) is 81.1 Å². The van der Waals surface area contributed by atoms with Crippen LogP contribution < -0.4 is 5.56 Å². The molecule has 0 aliphatic heterocycles. The molecular formula is C19H15N5OS. The van der Waals surface area contributed by atoms with E-state index in [9.17, 15) is 4.79 Å². The van der Waals surface area contributed by atoms with Crippen molar-refractivity contribution in [2.75, 3.05) is 0 Å². The number of azo groups is 1. The zero-order valence-corrected chi connectivity index (χ0v) is 14.8. The Balaban J connectivity index is 1.68. The monoisotopic (exact) mass is 361 g/mol. The molecule has 0 spiro atoms. The van der Waals surface area contributed by atoms with E-state index in [1.54, 1.807) is 6.92 Å². The molecule has 0 saturated heterocycles. The zero-order valence-electron chi connectivity index (χ0n) is 14.0. The van der Waals surface area contributed by atoms with Crippen molar-refractivity contribution in [2.45, 2.75) is 6.92 Å². The second-order valence-electron chi connectivity index (χ2n) is 5.64. The lowest BCUT2D eigenvalue weighted by molar-refractivity contribution is 0.827. The highest BCUT2D eigenvalue weighted by Gasteiger charge is 2.15. The van der Waals surface area contributed by atoms with Crippen molar-refractivity contribution >= 4 is 22.7 Å². The van der Waals surface area contributed by atoms with Crippen LogP contribution in [0, 0.1) is 6.92 Å². The molecule has 1 N–H and O–H groups in total. The summed E-state index contributed by atoms with van der Waals surface area (Å²) in [6.07, 6.45) is 0. The SMILES string of the molecule is Cc1[nH]n(-c2nc(-c3ccccc3)cs2)c(=O)c1N=Nc1ccccc1. The van der Waals surface area contributed by atoms with Gasteiger partial charge in [-0.25, -0.2) is 4.98 Å². The maximum Gasteiger partial charge on any atom is 0.301 e. The van der Waals surface area contributed by atoms with Crippen LogP contribution in [-0.4, -0.2) is 14.8 Å². The molecule has 26 heavy (non-hydrogen) atoms. The Morgan fingerprint density at radius 3 is 2.42 bits per heavy atom. The minimum absolute atomic E-state index is 0.267. The molecule has 2 heterocycles. The van der Waals surface area contributed by atoms with Gasteiger partial charge in [0.2, 0.25) is 5.13 Å². The molecule has 4 aromatic rings.